The fourth-order valence-electron chi connectivity index (χ4n) is 2.92. The lowest BCUT2D eigenvalue weighted by Gasteiger charge is -2.28. The van der Waals surface area contributed by atoms with Crippen molar-refractivity contribution in [1.82, 2.24) is 4.90 Å². The SMILES string of the molecule is C/C=C\C1OC(C)C(C)C(=O)N(CCOC(=O)C(C)(COC)COC(=O)C(C)(C)Br)C1=O. The Balaban J connectivity index is 2.84. The molecule has 0 radical (unpaired) electrons. The number of hydrogen-bond donors (Lipinski definition) is 0. The van der Waals surface area contributed by atoms with E-state index >= 15 is 0 Å². The van der Waals surface area contributed by atoms with Gasteiger partial charge in [-0.1, -0.05) is 35.0 Å². The van der Waals surface area contributed by atoms with Gasteiger partial charge in [0.15, 0.2) is 6.10 Å². The van der Waals surface area contributed by atoms with Gasteiger partial charge >= 0.3 is 11.9 Å². The van der Waals surface area contributed by atoms with Crippen LogP contribution in [0.2, 0.25) is 0 Å². The topological polar surface area (TPSA) is 108 Å². The first kappa shape index (κ1) is 28.3. The third kappa shape index (κ3) is 7.38. The summed E-state index contributed by atoms with van der Waals surface area (Å²) in [5.74, 6) is -2.63. The Kier molecular flexibility index (Phi) is 10.5. The summed E-state index contributed by atoms with van der Waals surface area (Å²) < 4.78 is 20.5. The van der Waals surface area contributed by atoms with E-state index in [-0.39, 0.29) is 26.4 Å². The summed E-state index contributed by atoms with van der Waals surface area (Å²) in [7, 11) is 1.42. The summed E-state index contributed by atoms with van der Waals surface area (Å²) in [5, 5.41) is 0. The first-order chi connectivity index (χ1) is 14.8. The minimum Gasteiger partial charge on any atom is -0.463 e. The van der Waals surface area contributed by atoms with E-state index < -0.39 is 51.6 Å². The van der Waals surface area contributed by atoms with Crippen LogP contribution in [0.4, 0.5) is 0 Å². The van der Waals surface area contributed by atoms with Gasteiger partial charge in [-0.3, -0.25) is 24.1 Å². The van der Waals surface area contributed by atoms with E-state index in [1.54, 1.807) is 53.7 Å². The average Bonchev–Trinajstić information content (AvgIpc) is 2.78. The van der Waals surface area contributed by atoms with Crippen LogP contribution in [0, 0.1) is 11.3 Å². The molecular weight excluding hydrogens is 486 g/mol. The highest BCUT2D eigenvalue weighted by atomic mass is 79.9. The standard InChI is InChI=1S/C22H34BrNO8/c1-8-9-16-18(26)24(17(25)14(2)15(3)32-16)10-11-30-20(28)22(6,12-29-7)13-31-19(27)21(4,5)23/h8-9,14-16H,10-13H2,1-7H3/b9-8-. The summed E-state index contributed by atoms with van der Waals surface area (Å²) in [5.41, 5.74) is -1.26. The second kappa shape index (κ2) is 11.9. The maximum Gasteiger partial charge on any atom is 0.322 e. The molecule has 0 aromatic rings. The Labute approximate surface area is 197 Å². The van der Waals surface area contributed by atoms with Gasteiger partial charge in [0.2, 0.25) is 5.91 Å². The van der Waals surface area contributed by atoms with Gasteiger partial charge in [-0.25, -0.2) is 0 Å². The van der Waals surface area contributed by atoms with Crippen LogP contribution in [0.5, 0.6) is 0 Å². The maximum absolute atomic E-state index is 12.8. The predicted molar refractivity (Wildman–Crippen MR) is 120 cm³/mol. The molecule has 0 spiro atoms. The van der Waals surface area contributed by atoms with Gasteiger partial charge in [-0.05, 0) is 34.6 Å². The molecule has 0 aromatic heterocycles. The number of ether oxygens (including phenoxy) is 4. The molecule has 1 saturated heterocycles. The number of imide groups is 1. The van der Waals surface area contributed by atoms with Gasteiger partial charge in [0.05, 0.1) is 25.2 Å². The zero-order valence-corrected chi connectivity index (χ0v) is 21.4. The van der Waals surface area contributed by atoms with Crippen LogP contribution in [-0.2, 0) is 38.1 Å². The predicted octanol–water partition coefficient (Wildman–Crippen LogP) is 2.25. The van der Waals surface area contributed by atoms with Crippen molar-refractivity contribution in [2.75, 3.05) is 33.5 Å². The van der Waals surface area contributed by atoms with Crippen molar-refractivity contribution in [1.29, 1.82) is 0 Å². The Morgan fingerprint density at radius 2 is 1.72 bits per heavy atom. The number of halogens is 1. The van der Waals surface area contributed by atoms with Gasteiger partial charge < -0.3 is 18.9 Å². The number of hydrogen-bond acceptors (Lipinski definition) is 8. The molecule has 182 valence electrons. The number of nitrogens with zero attached hydrogens (tertiary/aromatic N) is 1. The van der Waals surface area contributed by atoms with E-state index in [2.05, 4.69) is 15.9 Å². The molecule has 9 nitrogen and oxygen atoms in total. The van der Waals surface area contributed by atoms with Crippen molar-refractivity contribution < 1.29 is 38.1 Å². The van der Waals surface area contributed by atoms with Crippen molar-refractivity contribution in [3.63, 3.8) is 0 Å². The highest BCUT2D eigenvalue weighted by molar-refractivity contribution is 9.10. The van der Waals surface area contributed by atoms with E-state index in [0.29, 0.717) is 0 Å². The van der Waals surface area contributed by atoms with E-state index in [0.717, 1.165) is 4.90 Å². The molecule has 1 rings (SSSR count). The third-order valence-electron chi connectivity index (χ3n) is 5.11. The number of alkyl halides is 1. The molecule has 1 aliphatic heterocycles. The molecule has 0 N–H and O–H groups in total. The lowest BCUT2D eigenvalue weighted by Crippen LogP contribution is -2.46. The van der Waals surface area contributed by atoms with Crippen molar-refractivity contribution in [2.45, 2.75) is 58.1 Å². The van der Waals surface area contributed by atoms with Gasteiger partial charge in [0.25, 0.3) is 5.91 Å². The summed E-state index contributed by atoms with van der Waals surface area (Å²) >= 11 is 3.21. The third-order valence-corrected chi connectivity index (χ3v) is 5.43. The van der Waals surface area contributed by atoms with Crippen molar-refractivity contribution in [3.8, 4) is 0 Å². The van der Waals surface area contributed by atoms with Crippen LogP contribution >= 0.6 is 15.9 Å². The van der Waals surface area contributed by atoms with E-state index in [4.69, 9.17) is 18.9 Å². The average molecular weight is 520 g/mol. The molecule has 1 aliphatic rings. The summed E-state index contributed by atoms with van der Waals surface area (Å²) in [6, 6.07) is 0. The second-order valence-electron chi connectivity index (χ2n) is 8.58. The normalized spacial score (nSPS) is 24.2. The minimum atomic E-state index is -1.26. The first-order valence-corrected chi connectivity index (χ1v) is 11.2. The molecule has 32 heavy (non-hydrogen) atoms. The fourth-order valence-corrected chi connectivity index (χ4v) is 3.03. The lowest BCUT2D eigenvalue weighted by atomic mass is 9.93. The maximum atomic E-state index is 12.8. The number of amides is 2. The lowest BCUT2D eigenvalue weighted by molar-refractivity contribution is -0.169. The van der Waals surface area contributed by atoms with Gasteiger partial charge in [0, 0.05) is 7.11 Å². The molecule has 4 unspecified atom stereocenters. The number of rotatable bonds is 10. The molecule has 0 aliphatic carbocycles. The van der Waals surface area contributed by atoms with E-state index in [1.807, 2.05) is 0 Å². The largest absolute Gasteiger partial charge is 0.463 e. The first-order valence-electron chi connectivity index (χ1n) is 10.4. The van der Waals surface area contributed by atoms with Crippen molar-refractivity contribution in [2.24, 2.45) is 11.3 Å². The van der Waals surface area contributed by atoms with Crippen molar-refractivity contribution in [3.05, 3.63) is 12.2 Å². The molecule has 0 saturated carbocycles. The van der Waals surface area contributed by atoms with E-state index in [9.17, 15) is 19.2 Å². The molecule has 1 fully saturated rings. The van der Waals surface area contributed by atoms with Crippen LogP contribution in [-0.4, -0.2) is 78.7 Å². The minimum absolute atomic E-state index is 0.0465. The Bertz CT molecular complexity index is 732. The zero-order valence-electron chi connectivity index (χ0n) is 19.8. The van der Waals surface area contributed by atoms with Gasteiger partial charge in [-0.2, -0.15) is 0 Å². The molecule has 0 aromatic carbocycles. The van der Waals surface area contributed by atoms with Crippen LogP contribution in [0.1, 0.15) is 41.5 Å². The molecule has 10 heteroatoms. The van der Waals surface area contributed by atoms with Crippen LogP contribution < -0.4 is 0 Å². The monoisotopic (exact) mass is 519 g/mol. The quantitative estimate of drug-likeness (QED) is 0.187. The van der Waals surface area contributed by atoms with Crippen LogP contribution in [0.3, 0.4) is 0 Å². The molecule has 4 atom stereocenters. The highest BCUT2D eigenvalue weighted by Crippen LogP contribution is 2.24. The Hall–Kier alpha value is -1.78. The fraction of sp³-hybridized carbons (Fsp3) is 0.727. The summed E-state index contributed by atoms with van der Waals surface area (Å²) in [6.45, 7) is 9.36. The summed E-state index contributed by atoms with van der Waals surface area (Å²) in [6.07, 6.45) is 1.93. The molecule has 2 amide bonds. The Morgan fingerprint density at radius 3 is 2.25 bits per heavy atom. The number of carbonyl (C=O) groups excluding carboxylic acids is 4. The second-order valence-corrected chi connectivity index (χ2v) is 10.6. The highest BCUT2D eigenvalue weighted by Gasteiger charge is 2.41. The summed E-state index contributed by atoms with van der Waals surface area (Å²) in [4.78, 5) is 51.4. The van der Waals surface area contributed by atoms with Crippen LogP contribution in [0.25, 0.3) is 0 Å². The molecule has 1 heterocycles. The van der Waals surface area contributed by atoms with Crippen LogP contribution in [0.15, 0.2) is 12.2 Å². The number of esters is 2. The smallest absolute Gasteiger partial charge is 0.322 e. The number of carbonyl (C=O) groups is 4. The Morgan fingerprint density at radius 1 is 1.09 bits per heavy atom. The number of methoxy groups -OCH3 is 1. The van der Waals surface area contributed by atoms with E-state index in [1.165, 1.54) is 7.11 Å². The van der Waals surface area contributed by atoms with Gasteiger partial charge in [-0.15, -0.1) is 0 Å². The zero-order chi connectivity index (χ0) is 24.7. The van der Waals surface area contributed by atoms with Crippen molar-refractivity contribution >= 4 is 39.7 Å². The molecule has 0 bridgehead atoms. The number of allylic oxidation sites excluding steroid dienone is 1. The molecular formula is C22H34BrNO8. The van der Waals surface area contributed by atoms with Gasteiger partial charge in [0.1, 0.15) is 23.0 Å².